The molecule has 0 amide bonds. The zero-order valence-corrected chi connectivity index (χ0v) is 9.17. The minimum atomic E-state index is 0.0905. The van der Waals surface area contributed by atoms with Gasteiger partial charge in [-0.05, 0) is 23.6 Å². The summed E-state index contributed by atoms with van der Waals surface area (Å²) in [7, 11) is 1.68. The number of benzene rings is 1. The topological polar surface area (TPSA) is 29.5 Å². The second-order valence-electron chi connectivity index (χ2n) is 2.83. The van der Waals surface area contributed by atoms with Crippen LogP contribution in [0.2, 0.25) is 0 Å². The Morgan fingerprint density at radius 2 is 2.23 bits per heavy atom. The van der Waals surface area contributed by atoms with Crippen LogP contribution < -0.4 is 0 Å². The van der Waals surface area contributed by atoms with E-state index in [1.54, 1.807) is 7.11 Å². The molecule has 72 valence electrons. The van der Waals surface area contributed by atoms with Crippen LogP contribution in [0.4, 0.5) is 0 Å². The Morgan fingerprint density at radius 3 is 2.85 bits per heavy atom. The van der Waals surface area contributed by atoms with Gasteiger partial charge in [0.1, 0.15) is 0 Å². The summed E-state index contributed by atoms with van der Waals surface area (Å²) in [4.78, 5) is 0. The van der Waals surface area contributed by atoms with Gasteiger partial charge in [-0.25, -0.2) is 0 Å². The molecule has 3 heteroatoms. The van der Waals surface area contributed by atoms with E-state index in [1.807, 2.05) is 18.2 Å². The molecule has 0 unspecified atom stereocenters. The standard InChI is InChI=1S/C10H13BrO2/c1-13-5-4-9-6-8(7-12)2-3-10(9)11/h2-3,6,12H,4-5,7H2,1H3. The van der Waals surface area contributed by atoms with Gasteiger partial charge >= 0.3 is 0 Å². The number of aliphatic hydroxyl groups is 1. The summed E-state index contributed by atoms with van der Waals surface area (Å²) >= 11 is 3.45. The number of ether oxygens (including phenoxy) is 1. The van der Waals surface area contributed by atoms with Gasteiger partial charge in [-0.1, -0.05) is 28.1 Å². The van der Waals surface area contributed by atoms with Gasteiger partial charge in [-0.15, -0.1) is 0 Å². The summed E-state index contributed by atoms with van der Waals surface area (Å²) in [6.07, 6.45) is 0.866. The zero-order chi connectivity index (χ0) is 9.68. The maximum atomic E-state index is 8.93. The maximum Gasteiger partial charge on any atom is 0.0681 e. The molecule has 2 nitrogen and oxygen atoms in total. The second kappa shape index (κ2) is 5.37. The second-order valence-corrected chi connectivity index (χ2v) is 3.68. The van der Waals surface area contributed by atoms with Crippen LogP contribution >= 0.6 is 15.9 Å². The molecular weight excluding hydrogens is 232 g/mol. The van der Waals surface area contributed by atoms with Crippen LogP contribution in [0.3, 0.4) is 0 Å². The molecular formula is C10H13BrO2. The van der Waals surface area contributed by atoms with Crippen LogP contribution in [0.5, 0.6) is 0 Å². The molecule has 0 bridgehead atoms. The Kier molecular flexibility index (Phi) is 4.42. The van der Waals surface area contributed by atoms with E-state index < -0.39 is 0 Å². The molecule has 0 saturated carbocycles. The molecule has 0 aliphatic rings. The molecule has 0 spiro atoms. The fourth-order valence-corrected chi connectivity index (χ4v) is 1.57. The lowest BCUT2D eigenvalue weighted by Crippen LogP contribution is -1.96. The minimum Gasteiger partial charge on any atom is -0.392 e. The van der Waals surface area contributed by atoms with Gasteiger partial charge in [0, 0.05) is 11.6 Å². The molecule has 0 aliphatic heterocycles. The van der Waals surface area contributed by atoms with Crippen molar-refractivity contribution < 1.29 is 9.84 Å². The largest absolute Gasteiger partial charge is 0.392 e. The van der Waals surface area contributed by atoms with Gasteiger partial charge < -0.3 is 9.84 Å². The van der Waals surface area contributed by atoms with Crippen molar-refractivity contribution in [3.05, 3.63) is 33.8 Å². The van der Waals surface area contributed by atoms with Crippen molar-refractivity contribution in [3.63, 3.8) is 0 Å². The molecule has 0 radical (unpaired) electrons. The molecule has 1 aromatic carbocycles. The van der Waals surface area contributed by atoms with E-state index in [2.05, 4.69) is 15.9 Å². The highest BCUT2D eigenvalue weighted by molar-refractivity contribution is 9.10. The minimum absolute atomic E-state index is 0.0905. The number of methoxy groups -OCH3 is 1. The molecule has 1 rings (SSSR count). The van der Waals surface area contributed by atoms with E-state index in [-0.39, 0.29) is 6.61 Å². The van der Waals surface area contributed by atoms with Crippen LogP contribution in [-0.2, 0) is 17.8 Å². The molecule has 0 aliphatic carbocycles. The molecule has 1 N–H and O–H groups in total. The summed E-state index contributed by atoms with van der Waals surface area (Å²) in [5, 5.41) is 8.93. The molecule has 0 saturated heterocycles. The van der Waals surface area contributed by atoms with E-state index in [0.29, 0.717) is 6.61 Å². The summed E-state index contributed by atoms with van der Waals surface area (Å²) in [6, 6.07) is 5.85. The third kappa shape index (κ3) is 3.10. The predicted molar refractivity (Wildman–Crippen MR) is 55.6 cm³/mol. The number of rotatable bonds is 4. The van der Waals surface area contributed by atoms with Crippen molar-refractivity contribution in [2.45, 2.75) is 13.0 Å². The number of halogens is 1. The number of hydrogen-bond acceptors (Lipinski definition) is 2. The zero-order valence-electron chi connectivity index (χ0n) is 7.59. The van der Waals surface area contributed by atoms with Crippen molar-refractivity contribution in [1.29, 1.82) is 0 Å². The van der Waals surface area contributed by atoms with E-state index >= 15 is 0 Å². The van der Waals surface area contributed by atoms with Crippen LogP contribution in [0.15, 0.2) is 22.7 Å². The first kappa shape index (κ1) is 10.7. The van der Waals surface area contributed by atoms with Gasteiger partial charge in [0.2, 0.25) is 0 Å². The molecule has 0 heterocycles. The summed E-state index contributed by atoms with van der Waals surface area (Å²) in [5.74, 6) is 0. The third-order valence-corrected chi connectivity index (χ3v) is 2.64. The van der Waals surface area contributed by atoms with Gasteiger partial charge in [0.15, 0.2) is 0 Å². The third-order valence-electron chi connectivity index (χ3n) is 1.87. The highest BCUT2D eigenvalue weighted by Crippen LogP contribution is 2.18. The monoisotopic (exact) mass is 244 g/mol. The smallest absolute Gasteiger partial charge is 0.0681 e. The SMILES string of the molecule is COCCc1cc(CO)ccc1Br. The lowest BCUT2D eigenvalue weighted by atomic mass is 10.1. The van der Waals surface area contributed by atoms with Crippen molar-refractivity contribution in [3.8, 4) is 0 Å². The van der Waals surface area contributed by atoms with Gasteiger partial charge in [-0.2, -0.15) is 0 Å². The normalized spacial score (nSPS) is 10.4. The van der Waals surface area contributed by atoms with Crippen molar-refractivity contribution in [2.75, 3.05) is 13.7 Å². The first-order valence-electron chi connectivity index (χ1n) is 4.15. The van der Waals surface area contributed by atoms with Gasteiger partial charge in [-0.3, -0.25) is 0 Å². The average molecular weight is 245 g/mol. The highest BCUT2D eigenvalue weighted by Gasteiger charge is 2.00. The molecule has 0 atom stereocenters. The number of hydrogen-bond donors (Lipinski definition) is 1. The van der Waals surface area contributed by atoms with E-state index in [4.69, 9.17) is 9.84 Å². The average Bonchev–Trinajstić information content (AvgIpc) is 2.17. The molecule has 0 fully saturated rings. The summed E-state index contributed by atoms with van der Waals surface area (Å²) in [6.45, 7) is 0.792. The lowest BCUT2D eigenvalue weighted by Gasteiger charge is -2.05. The van der Waals surface area contributed by atoms with Crippen molar-refractivity contribution in [2.24, 2.45) is 0 Å². The Hall–Kier alpha value is -0.380. The Bertz CT molecular complexity index is 274. The lowest BCUT2D eigenvalue weighted by molar-refractivity contribution is 0.202. The van der Waals surface area contributed by atoms with E-state index in [0.717, 1.165) is 16.5 Å². The summed E-state index contributed by atoms with van der Waals surface area (Å²) in [5.41, 5.74) is 2.11. The molecule has 13 heavy (non-hydrogen) atoms. The van der Waals surface area contributed by atoms with Crippen LogP contribution in [0.25, 0.3) is 0 Å². The fourth-order valence-electron chi connectivity index (χ4n) is 1.13. The quantitative estimate of drug-likeness (QED) is 0.880. The maximum absolute atomic E-state index is 8.93. The van der Waals surface area contributed by atoms with Gasteiger partial charge in [0.05, 0.1) is 13.2 Å². The Labute approximate surface area is 86.7 Å². The number of aliphatic hydroxyl groups excluding tert-OH is 1. The predicted octanol–water partition coefficient (Wildman–Crippen LogP) is 2.13. The highest BCUT2D eigenvalue weighted by atomic mass is 79.9. The van der Waals surface area contributed by atoms with E-state index in [1.165, 1.54) is 5.56 Å². The van der Waals surface area contributed by atoms with Crippen molar-refractivity contribution in [1.82, 2.24) is 0 Å². The first-order chi connectivity index (χ1) is 6.27. The van der Waals surface area contributed by atoms with E-state index in [9.17, 15) is 0 Å². The van der Waals surface area contributed by atoms with Gasteiger partial charge in [0.25, 0.3) is 0 Å². The first-order valence-corrected chi connectivity index (χ1v) is 4.94. The fraction of sp³-hybridized carbons (Fsp3) is 0.400. The van der Waals surface area contributed by atoms with Crippen LogP contribution in [0, 0.1) is 0 Å². The van der Waals surface area contributed by atoms with Crippen molar-refractivity contribution >= 4 is 15.9 Å². The van der Waals surface area contributed by atoms with Crippen LogP contribution in [0.1, 0.15) is 11.1 Å². The molecule has 0 aromatic heterocycles. The molecule has 1 aromatic rings. The summed E-state index contributed by atoms with van der Waals surface area (Å²) < 4.78 is 6.06. The van der Waals surface area contributed by atoms with Crippen LogP contribution in [-0.4, -0.2) is 18.8 Å². The Balaban J connectivity index is 2.78. The Morgan fingerprint density at radius 1 is 1.46 bits per heavy atom.